The van der Waals surface area contributed by atoms with E-state index in [1.807, 2.05) is 24.3 Å². The Bertz CT molecular complexity index is 870. The molecule has 156 valence electrons. The third-order valence-corrected chi connectivity index (χ3v) is 4.21. The Hall–Kier alpha value is -3.29. The van der Waals surface area contributed by atoms with E-state index in [9.17, 15) is 14.4 Å². The first-order valence-electron chi connectivity index (χ1n) is 9.49. The molecule has 29 heavy (non-hydrogen) atoms. The Morgan fingerprint density at radius 3 is 2.38 bits per heavy atom. The first-order valence-corrected chi connectivity index (χ1v) is 9.49. The predicted molar refractivity (Wildman–Crippen MR) is 107 cm³/mol. The van der Waals surface area contributed by atoms with Gasteiger partial charge >= 0.3 is 5.97 Å². The van der Waals surface area contributed by atoms with Crippen LogP contribution in [-0.2, 0) is 16.0 Å². The smallest absolute Gasteiger partial charge is 0.342 e. The van der Waals surface area contributed by atoms with Crippen LogP contribution in [0.1, 0.15) is 58.7 Å². The van der Waals surface area contributed by atoms with E-state index in [2.05, 4.69) is 12.2 Å². The summed E-state index contributed by atoms with van der Waals surface area (Å²) in [4.78, 5) is 36.1. The lowest BCUT2D eigenvalue weighted by atomic mass is 10.1. The molecule has 0 unspecified atom stereocenters. The fourth-order valence-electron chi connectivity index (χ4n) is 2.75. The molecule has 0 bridgehead atoms. The van der Waals surface area contributed by atoms with E-state index in [0.717, 1.165) is 12.2 Å². The maximum absolute atomic E-state index is 12.2. The Kier molecular flexibility index (Phi) is 7.82. The summed E-state index contributed by atoms with van der Waals surface area (Å²) in [5, 5.41) is 2.49. The lowest BCUT2D eigenvalue weighted by molar-refractivity contribution is -0.116. The molecule has 2 aromatic rings. The zero-order chi connectivity index (χ0) is 21.4. The summed E-state index contributed by atoms with van der Waals surface area (Å²) in [7, 11) is 0. The van der Waals surface area contributed by atoms with Gasteiger partial charge in [-0.05, 0) is 44.4 Å². The minimum absolute atomic E-state index is 0.0755. The minimum Gasteiger partial charge on any atom is -0.494 e. The van der Waals surface area contributed by atoms with Crippen molar-refractivity contribution < 1.29 is 28.3 Å². The van der Waals surface area contributed by atoms with Gasteiger partial charge in [0.05, 0.1) is 13.2 Å². The number of carbonyl (C=O) groups is 3. The molecule has 3 N–H and O–H groups in total. The Labute approximate surface area is 169 Å². The number of ether oxygens (including phenoxy) is 2. The Balaban J connectivity index is 1.93. The Morgan fingerprint density at radius 2 is 1.79 bits per heavy atom. The topological polar surface area (TPSA) is 121 Å². The van der Waals surface area contributed by atoms with Crippen molar-refractivity contribution in [3.63, 3.8) is 0 Å². The van der Waals surface area contributed by atoms with Crippen molar-refractivity contribution in [3.8, 4) is 5.75 Å². The van der Waals surface area contributed by atoms with Crippen LogP contribution < -0.4 is 15.8 Å². The predicted octanol–water partition coefficient (Wildman–Crippen LogP) is 3.22. The van der Waals surface area contributed by atoms with Crippen LogP contribution in [0, 0.1) is 6.92 Å². The van der Waals surface area contributed by atoms with Gasteiger partial charge < -0.3 is 19.6 Å². The number of furan rings is 1. The highest BCUT2D eigenvalue weighted by Gasteiger charge is 2.28. The van der Waals surface area contributed by atoms with Gasteiger partial charge in [-0.25, -0.2) is 4.79 Å². The molecule has 0 aliphatic carbocycles. The molecule has 0 atom stereocenters. The highest BCUT2D eigenvalue weighted by Crippen LogP contribution is 2.27. The average molecular weight is 402 g/mol. The number of carbonyl (C=O) groups excluding carboxylic acids is 3. The van der Waals surface area contributed by atoms with Crippen LogP contribution in [0.5, 0.6) is 5.75 Å². The maximum Gasteiger partial charge on any atom is 0.342 e. The summed E-state index contributed by atoms with van der Waals surface area (Å²) in [6, 6.07) is 7.77. The van der Waals surface area contributed by atoms with Crippen LogP contribution in [0.25, 0.3) is 0 Å². The number of aryl methyl sites for hydroxylation is 2. The van der Waals surface area contributed by atoms with Gasteiger partial charge in [0.1, 0.15) is 22.6 Å². The zero-order valence-corrected chi connectivity index (χ0v) is 16.9. The van der Waals surface area contributed by atoms with Gasteiger partial charge in [0.25, 0.3) is 5.91 Å². The maximum atomic E-state index is 12.2. The van der Waals surface area contributed by atoms with E-state index in [-0.39, 0.29) is 41.7 Å². The number of rotatable bonds is 10. The SMILES string of the molecule is CCOC(=O)c1c(C)oc(NC(=O)CCCOc2ccc(CC)cc2)c1C(N)=O. The molecule has 0 saturated carbocycles. The van der Waals surface area contributed by atoms with Gasteiger partial charge in [-0.1, -0.05) is 19.1 Å². The second-order valence-electron chi connectivity index (χ2n) is 6.32. The van der Waals surface area contributed by atoms with E-state index < -0.39 is 11.9 Å². The second kappa shape index (κ2) is 10.3. The van der Waals surface area contributed by atoms with E-state index in [0.29, 0.717) is 13.0 Å². The molecule has 0 aliphatic rings. The molecule has 2 rings (SSSR count). The second-order valence-corrected chi connectivity index (χ2v) is 6.32. The summed E-state index contributed by atoms with van der Waals surface area (Å²) in [6.07, 6.45) is 1.55. The molecular weight excluding hydrogens is 376 g/mol. The third-order valence-electron chi connectivity index (χ3n) is 4.21. The summed E-state index contributed by atoms with van der Waals surface area (Å²) in [5.41, 5.74) is 6.32. The lowest BCUT2D eigenvalue weighted by Gasteiger charge is -2.07. The molecule has 8 heteroatoms. The fraction of sp³-hybridized carbons (Fsp3) is 0.381. The highest BCUT2D eigenvalue weighted by molar-refractivity contribution is 6.10. The number of anilines is 1. The normalized spacial score (nSPS) is 10.4. The van der Waals surface area contributed by atoms with E-state index in [1.54, 1.807) is 6.92 Å². The van der Waals surface area contributed by atoms with Crippen molar-refractivity contribution in [2.75, 3.05) is 18.5 Å². The fourth-order valence-corrected chi connectivity index (χ4v) is 2.75. The number of primary amides is 1. The number of esters is 1. The summed E-state index contributed by atoms with van der Waals surface area (Å²) >= 11 is 0. The summed E-state index contributed by atoms with van der Waals surface area (Å²) < 4.78 is 15.9. The monoisotopic (exact) mass is 402 g/mol. The van der Waals surface area contributed by atoms with Gasteiger partial charge in [-0.3, -0.25) is 14.9 Å². The van der Waals surface area contributed by atoms with Crippen LogP contribution in [0.4, 0.5) is 5.88 Å². The molecule has 0 fully saturated rings. The molecule has 2 amide bonds. The van der Waals surface area contributed by atoms with E-state index in [1.165, 1.54) is 12.5 Å². The van der Waals surface area contributed by atoms with Crippen LogP contribution in [0.2, 0.25) is 0 Å². The van der Waals surface area contributed by atoms with Gasteiger partial charge in [-0.15, -0.1) is 0 Å². The molecular formula is C21H26N2O6. The molecule has 1 heterocycles. The van der Waals surface area contributed by atoms with E-state index >= 15 is 0 Å². The Morgan fingerprint density at radius 1 is 1.10 bits per heavy atom. The van der Waals surface area contributed by atoms with Crippen molar-refractivity contribution >= 4 is 23.7 Å². The largest absolute Gasteiger partial charge is 0.494 e. The summed E-state index contributed by atoms with van der Waals surface area (Å²) in [6.45, 7) is 5.69. The van der Waals surface area contributed by atoms with Crippen LogP contribution in [0.15, 0.2) is 28.7 Å². The van der Waals surface area contributed by atoms with Crippen LogP contribution in [0.3, 0.4) is 0 Å². The standard InChI is InChI=1S/C21H26N2O6/c1-4-14-8-10-15(11-9-14)28-12-6-7-16(24)23-20-18(19(22)25)17(13(3)29-20)21(26)27-5-2/h8-11H,4-7,12H2,1-3H3,(H2,22,25)(H,23,24). The molecule has 1 aromatic carbocycles. The molecule has 0 aliphatic heterocycles. The number of nitrogens with two attached hydrogens (primary N) is 1. The van der Waals surface area contributed by atoms with Crippen molar-refractivity contribution in [1.82, 2.24) is 0 Å². The number of benzene rings is 1. The number of hydrogen-bond donors (Lipinski definition) is 2. The van der Waals surface area contributed by atoms with Gasteiger partial charge in [-0.2, -0.15) is 0 Å². The molecule has 0 saturated heterocycles. The van der Waals surface area contributed by atoms with Gasteiger partial charge in [0, 0.05) is 6.42 Å². The quantitative estimate of drug-likeness (QED) is 0.465. The van der Waals surface area contributed by atoms with Gasteiger partial charge in [0.15, 0.2) is 0 Å². The molecule has 1 aromatic heterocycles. The first kappa shape index (κ1) is 22.0. The first-order chi connectivity index (χ1) is 13.9. The van der Waals surface area contributed by atoms with E-state index in [4.69, 9.17) is 19.6 Å². The van der Waals surface area contributed by atoms with Crippen molar-refractivity contribution in [3.05, 3.63) is 46.7 Å². The summed E-state index contributed by atoms with van der Waals surface area (Å²) in [5.74, 6) is -1.28. The molecule has 0 radical (unpaired) electrons. The highest BCUT2D eigenvalue weighted by atomic mass is 16.5. The number of nitrogens with one attached hydrogen (secondary N) is 1. The van der Waals surface area contributed by atoms with Crippen molar-refractivity contribution in [1.29, 1.82) is 0 Å². The third kappa shape index (κ3) is 5.84. The molecule has 0 spiro atoms. The molecule has 8 nitrogen and oxygen atoms in total. The van der Waals surface area contributed by atoms with Crippen molar-refractivity contribution in [2.24, 2.45) is 5.73 Å². The zero-order valence-electron chi connectivity index (χ0n) is 16.9. The van der Waals surface area contributed by atoms with Gasteiger partial charge in [0.2, 0.25) is 11.8 Å². The van der Waals surface area contributed by atoms with Crippen LogP contribution in [-0.4, -0.2) is 31.0 Å². The average Bonchev–Trinajstić information content (AvgIpc) is 3.01. The van der Waals surface area contributed by atoms with Crippen LogP contribution >= 0.6 is 0 Å². The lowest BCUT2D eigenvalue weighted by Crippen LogP contribution is -2.20. The number of hydrogen-bond acceptors (Lipinski definition) is 6. The minimum atomic E-state index is -0.890. The number of amides is 2. The van der Waals surface area contributed by atoms with Crippen molar-refractivity contribution in [2.45, 2.75) is 40.0 Å².